The lowest BCUT2D eigenvalue weighted by Crippen LogP contribution is -2.33. The van der Waals surface area contributed by atoms with E-state index in [2.05, 4.69) is 14.8 Å². The molecule has 0 saturated carbocycles. The van der Waals surface area contributed by atoms with Gasteiger partial charge in [0.15, 0.2) is 0 Å². The Hall–Kier alpha value is -1.36. The molecule has 0 aromatic heterocycles. The van der Waals surface area contributed by atoms with Gasteiger partial charge in [0, 0.05) is 32.8 Å². The zero-order chi connectivity index (χ0) is 16.6. The van der Waals surface area contributed by atoms with Gasteiger partial charge in [0.1, 0.15) is 5.75 Å². The number of rotatable bonds is 9. The third kappa shape index (κ3) is 7.07. The average Bonchev–Trinajstić information content (AvgIpc) is 2.41. The molecule has 0 amide bonds. The van der Waals surface area contributed by atoms with E-state index in [0.717, 1.165) is 12.1 Å². The molecule has 0 heterocycles. The van der Waals surface area contributed by atoms with Gasteiger partial charge in [0.25, 0.3) is 0 Å². The Morgan fingerprint density at radius 1 is 1.18 bits per heavy atom. The van der Waals surface area contributed by atoms with E-state index >= 15 is 0 Å². The average molecular weight is 342 g/mol. The number of benzene rings is 1. The Kier molecular flexibility index (Phi) is 7.07. The largest absolute Gasteiger partial charge is 0.573 e. The van der Waals surface area contributed by atoms with Gasteiger partial charge in [-0.05, 0) is 12.1 Å². The molecule has 0 atom stereocenters. The number of sulfonamides is 1. The van der Waals surface area contributed by atoms with Crippen molar-refractivity contribution < 1.29 is 31.1 Å². The van der Waals surface area contributed by atoms with Crippen molar-refractivity contribution in [2.24, 2.45) is 0 Å². The molecule has 6 nitrogen and oxygen atoms in total. The molecule has 2 N–H and O–H groups in total. The summed E-state index contributed by atoms with van der Waals surface area (Å²) in [5, 5.41) is 2.93. The molecule has 1 aromatic carbocycles. The Labute approximate surface area is 126 Å². The minimum atomic E-state index is -4.87. The van der Waals surface area contributed by atoms with Crippen LogP contribution in [0.2, 0.25) is 0 Å². The summed E-state index contributed by atoms with van der Waals surface area (Å²) in [4.78, 5) is -0.300. The molecule has 0 bridgehead atoms. The number of hydrogen-bond donors (Lipinski definition) is 2. The van der Waals surface area contributed by atoms with Crippen LogP contribution >= 0.6 is 0 Å². The molecule has 0 aliphatic rings. The molecule has 126 valence electrons. The summed E-state index contributed by atoms with van der Waals surface area (Å²) in [7, 11) is -2.36. The zero-order valence-electron chi connectivity index (χ0n) is 11.8. The standard InChI is InChI=1S/C12H17F3N2O4S/c1-20-8-7-16-5-6-17-22(18,19)11-4-2-3-10(9-11)21-12(13,14)15/h2-4,9,16-17H,5-8H2,1H3. The molecule has 0 spiro atoms. The van der Waals surface area contributed by atoms with Crippen molar-refractivity contribution in [1.29, 1.82) is 0 Å². The van der Waals surface area contributed by atoms with Crippen LogP contribution in [0.3, 0.4) is 0 Å². The first-order chi connectivity index (χ1) is 10.2. The summed E-state index contributed by atoms with van der Waals surface area (Å²) >= 11 is 0. The van der Waals surface area contributed by atoms with Crippen LogP contribution in [0.15, 0.2) is 29.2 Å². The van der Waals surface area contributed by atoms with Crippen LogP contribution < -0.4 is 14.8 Å². The number of ether oxygens (including phenoxy) is 2. The highest BCUT2D eigenvalue weighted by atomic mass is 32.2. The van der Waals surface area contributed by atoms with E-state index in [0.29, 0.717) is 19.7 Å². The van der Waals surface area contributed by atoms with Crippen LogP contribution in [-0.4, -0.2) is 48.1 Å². The Balaban J connectivity index is 2.59. The minimum Gasteiger partial charge on any atom is -0.406 e. The van der Waals surface area contributed by atoms with Crippen LogP contribution in [0.1, 0.15) is 0 Å². The zero-order valence-corrected chi connectivity index (χ0v) is 12.6. The molecule has 0 aliphatic heterocycles. The van der Waals surface area contributed by atoms with E-state index in [9.17, 15) is 21.6 Å². The van der Waals surface area contributed by atoms with Crippen LogP contribution in [0.25, 0.3) is 0 Å². The molecule has 0 saturated heterocycles. The fraction of sp³-hybridized carbons (Fsp3) is 0.500. The molecule has 0 fully saturated rings. The molecule has 1 aromatic rings. The van der Waals surface area contributed by atoms with Gasteiger partial charge in [-0.1, -0.05) is 6.07 Å². The monoisotopic (exact) mass is 342 g/mol. The number of hydrogen-bond acceptors (Lipinski definition) is 5. The second-order valence-electron chi connectivity index (χ2n) is 4.16. The van der Waals surface area contributed by atoms with Crippen molar-refractivity contribution in [3.8, 4) is 5.75 Å². The molecule has 0 radical (unpaired) electrons. The first kappa shape index (κ1) is 18.7. The van der Waals surface area contributed by atoms with Gasteiger partial charge in [-0.25, -0.2) is 13.1 Å². The van der Waals surface area contributed by atoms with E-state index in [1.165, 1.54) is 12.1 Å². The molecule has 10 heteroatoms. The molecule has 0 aliphatic carbocycles. The van der Waals surface area contributed by atoms with Gasteiger partial charge >= 0.3 is 6.36 Å². The van der Waals surface area contributed by atoms with Gasteiger partial charge in [-0.15, -0.1) is 13.2 Å². The molecule has 22 heavy (non-hydrogen) atoms. The highest BCUT2D eigenvalue weighted by molar-refractivity contribution is 7.89. The van der Waals surface area contributed by atoms with E-state index < -0.39 is 22.1 Å². The van der Waals surface area contributed by atoms with Gasteiger partial charge in [-0.2, -0.15) is 0 Å². The number of halogens is 3. The van der Waals surface area contributed by atoms with Crippen LogP contribution in [-0.2, 0) is 14.8 Å². The summed E-state index contributed by atoms with van der Waals surface area (Å²) in [5.41, 5.74) is 0. The fourth-order valence-corrected chi connectivity index (χ4v) is 2.56. The first-order valence-corrected chi connectivity index (χ1v) is 7.78. The topological polar surface area (TPSA) is 76.7 Å². The van der Waals surface area contributed by atoms with Crippen molar-refractivity contribution in [2.75, 3.05) is 33.4 Å². The lowest BCUT2D eigenvalue weighted by molar-refractivity contribution is -0.274. The highest BCUT2D eigenvalue weighted by Gasteiger charge is 2.31. The summed E-state index contributed by atoms with van der Waals surface area (Å²) in [6.45, 7) is 1.51. The van der Waals surface area contributed by atoms with Crippen molar-refractivity contribution in [1.82, 2.24) is 10.0 Å². The molecule has 0 unspecified atom stereocenters. The quantitative estimate of drug-likeness (QED) is 0.657. The Morgan fingerprint density at radius 3 is 2.55 bits per heavy atom. The predicted octanol–water partition coefficient (Wildman–Crippen LogP) is 1.10. The van der Waals surface area contributed by atoms with Crippen molar-refractivity contribution in [3.05, 3.63) is 24.3 Å². The summed E-state index contributed by atoms with van der Waals surface area (Å²) in [6.07, 6.45) is -4.87. The maximum absolute atomic E-state index is 12.1. The summed E-state index contributed by atoms with van der Waals surface area (Å²) in [6, 6.07) is 4.20. The summed E-state index contributed by atoms with van der Waals surface area (Å²) in [5.74, 6) is -0.589. The van der Waals surface area contributed by atoms with Gasteiger partial charge in [0.2, 0.25) is 10.0 Å². The Morgan fingerprint density at radius 2 is 1.91 bits per heavy atom. The lowest BCUT2D eigenvalue weighted by Gasteiger charge is -2.11. The third-order valence-corrected chi connectivity index (χ3v) is 3.88. The van der Waals surface area contributed by atoms with Gasteiger partial charge < -0.3 is 14.8 Å². The van der Waals surface area contributed by atoms with E-state index in [1.54, 1.807) is 7.11 Å². The second kappa shape index (κ2) is 8.32. The molecular formula is C12H17F3N2O4S. The smallest absolute Gasteiger partial charge is 0.406 e. The number of methoxy groups -OCH3 is 1. The molecule has 1 rings (SSSR count). The van der Waals surface area contributed by atoms with Crippen molar-refractivity contribution >= 4 is 10.0 Å². The minimum absolute atomic E-state index is 0.0937. The highest BCUT2D eigenvalue weighted by Crippen LogP contribution is 2.24. The Bertz CT molecular complexity index is 564. The van der Waals surface area contributed by atoms with E-state index in [4.69, 9.17) is 4.74 Å². The van der Waals surface area contributed by atoms with Gasteiger partial charge in [-0.3, -0.25) is 0 Å². The SMILES string of the molecule is COCCNCCNS(=O)(=O)c1cccc(OC(F)(F)F)c1. The maximum Gasteiger partial charge on any atom is 0.573 e. The van der Waals surface area contributed by atoms with Crippen LogP contribution in [0, 0.1) is 0 Å². The molecular weight excluding hydrogens is 325 g/mol. The summed E-state index contributed by atoms with van der Waals surface area (Å²) < 4.78 is 71.0. The van der Waals surface area contributed by atoms with Crippen LogP contribution in [0.5, 0.6) is 5.75 Å². The fourth-order valence-electron chi connectivity index (χ4n) is 1.49. The van der Waals surface area contributed by atoms with Crippen LogP contribution in [0.4, 0.5) is 13.2 Å². The number of alkyl halides is 3. The van der Waals surface area contributed by atoms with E-state index in [-0.39, 0.29) is 11.4 Å². The van der Waals surface area contributed by atoms with Gasteiger partial charge in [0.05, 0.1) is 11.5 Å². The maximum atomic E-state index is 12.1. The first-order valence-electron chi connectivity index (χ1n) is 6.30. The second-order valence-corrected chi connectivity index (χ2v) is 5.93. The van der Waals surface area contributed by atoms with Crippen molar-refractivity contribution in [2.45, 2.75) is 11.3 Å². The number of nitrogens with one attached hydrogen (secondary N) is 2. The lowest BCUT2D eigenvalue weighted by atomic mass is 10.3. The van der Waals surface area contributed by atoms with Crippen molar-refractivity contribution in [3.63, 3.8) is 0 Å². The predicted molar refractivity (Wildman–Crippen MR) is 73.1 cm³/mol. The third-order valence-electron chi connectivity index (χ3n) is 2.43. The van der Waals surface area contributed by atoms with E-state index in [1.807, 2.05) is 0 Å². The normalized spacial score (nSPS) is 12.4.